The van der Waals surface area contributed by atoms with Gasteiger partial charge in [-0.2, -0.15) is 0 Å². The zero-order chi connectivity index (χ0) is 12.9. The highest BCUT2D eigenvalue weighted by Gasteiger charge is 2.66. The Labute approximate surface area is 104 Å². The number of carboxylic acid groups (broad SMARTS) is 1. The molecule has 4 atom stereocenters. The van der Waals surface area contributed by atoms with E-state index in [9.17, 15) is 14.7 Å². The molecule has 1 spiro atoms. The summed E-state index contributed by atoms with van der Waals surface area (Å²) in [4.78, 5) is 25.2. The summed E-state index contributed by atoms with van der Waals surface area (Å²) in [6.45, 7) is 1.35. The average Bonchev–Trinajstić information content (AvgIpc) is 2.95. The first-order valence-corrected chi connectivity index (χ1v) is 5.97. The number of aliphatic carboxylic acids is 1. The van der Waals surface area contributed by atoms with E-state index >= 15 is 0 Å². The van der Waals surface area contributed by atoms with Gasteiger partial charge in [0.05, 0.1) is 25.2 Å². The Morgan fingerprint density at radius 2 is 2.50 bits per heavy atom. The highest BCUT2D eigenvalue weighted by atomic mass is 16.5. The standard InChI is InChI=1S/C12H15NO5/c1-17-5-4-13-6-12-3-2-7(18-12)8(11(15)16)9(12)10(13)14/h2-3,7-9H,4-6H2,1H3,(H,15,16). The zero-order valence-corrected chi connectivity index (χ0v) is 10.0. The number of fused-ring (bicyclic) bond motifs is 1. The molecule has 2 bridgehead atoms. The van der Waals surface area contributed by atoms with Gasteiger partial charge < -0.3 is 19.5 Å². The molecule has 2 saturated heterocycles. The van der Waals surface area contributed by atoms with Crippen molar-refractivity contribution in [1.29, 1.82) is 0 Å². The normalized spacial score (nSPS) is 40.6. The molecule has 2 fully saturated rings. The van der Waals surface area contributed by atoms with Crippen molar-refractivity contribution in [2.24, 2.45) is 11.8 Å². The van der Waals surface area contributed by atoms with Crippen LogP contribution in [0, 0.1) is 11.8 Å². The van der Waals surface area contributed by atoms with Crippen molar-refractivity contribution >= 4 is 11.9 Å². The number of hydrogen-bond donors (Lipinski definition) is 1. The van der Waals surface area contributed by atoms with Crippen LogP contribution in [0.2, 0.25) is 0 Å². The quantitative estimate of drug-likeness (QED) is 0.683. The number of likely N-dealkylation sites (tertiary alicyclic amines) is 1. The van der Waals surface area contributed by atoms with E-state index in [2.05, 4.69) is 0 Å². The summed E-state index contributed by atoms with van der Waals surface area (Å²) in [6.07, 6.45) is 3.16. The molecular formula is C12H15NO5. The molecule has 6 nitrogen and oxygen atoms in total. The number of carboxylic acids is 1. The Kier molecular flexibility index (Phi) is 2.46. The van der Waals surface area contributed by atoms with E-state index in [0.717, 1.165) is 0 Å². The van der Waals surface area contributed by atoms with E-state index in [1.54, 1.807) is 18.1 Å². The largest absolute Gasteiger partial charge is 0.481 e. The van der Waals surface area contributed by atoms with Crippen LogP contribution in [0.25, 0.3) is 0 Å². The van der Waals surface area contributed by atoms with E-state index < -0.39 is 29.5 Å². The Hall–Kier alpha value is -1.40. The van der Waals surface area contributed by atoms with Crippen molar-refractivity contribution in [3.8, 4) is 0 Å². The second kappa shape index (κ2) is 3.80. The topological polar surface area (TPSA) is 76.1 Å². The first-order chi connectivity index (χ1) is 8.59. The minimum atomic E-state index is -0.960. The lowest BCUT2D eigenvalue weighted by Gasteiger charge is -2.21. The number of methoxy groups -OCH3 is 1. The van der Waals surface area contributed by atoms with Crippen LogP contribution in [0.15, 0.2) is 12.2 Å². The second-order valence-corrected chi connectivity index (χ2v) is 4.99. The van der Waals surface area contributed by atoms with E-state index in [4.69, 9.17) is 9.47 Å². The summed E-state index contributed by atoms with van der Waals surface area (Å²) in [5, 5.41) is 9.25. The molecule has 4 unspecified atom stereocenters. The minimum absolute atomic E-state index is 0.133. The van der Waals surface area contributed by atoms with Gasteiger partial charge in [-0.1, -0.05) is 12.2 Å². The Bertz CT molecular complexity index is 434. The van der Waals surface area contributed by atoms with Crippen LogP contribution in [0.1, 0.15) is 0 Å². The van der Waals surface area contributed by atoms with Crippen molar-refractivity contribution < 1.29 is 24.2 Å². The van der Waals surface area contributed by atoms with Crippen LogP contribution in [0.4, 0.5) is 0 Å². The van der Waals surface area contributed by atoms with E-state index in [1.807, 2.05) is 6.08 Å². The number of carbonyl (C=O) groups is 2. The fourth-order valence-electron chi connectivity index (χ4n) is 3.25. The summed E-state index contributed by atoms with van der Waals surface area (Å²) < 4.78 is 10.7. The second-order valence-electron chi connectivity index (χ2n) is 4.99. The first-order valence-electron chi connectivity index (χ1n) is 5.97. The van der Waals surface area contributed by atoms with Gasteiger partial charge in [0.2, 0.25) is 5.91 Å². The smallest absolute Gasteiger partial charge is 0.310 e. The highest BCUT2D eigenvalue weighted by Crippen LogP contribution is 2.51. The molecule has 18 heavy (non-hydrogen) atoms. The van der Waals surface area contributed by atoms with Crippen molar-refractivity contribution in [2.45, 2.75) is 11.7 Å². The number of carbonyl (C=O) groups excluding carboxylic acids is 1. The fraction of sp³-hybridized carbons (Fsp3) is 0.667. The lowest BCUT2D eigenvalue weighted by Crippen LogP contribution is -2.39. The lowest BCUT2D eigenvalue weighted by atomic mass is 9.77. The molecule has 0 saturated carbocycles. The van der Waals surface area contributed by atoms with Gasteiger partial charge >= 0.3 is 5.97 Å². The Morgan fingerprint density at radius 1 is 1.72 bits per heavy atom. The third-order valence-corrected chi connectivity index (χ3v) is 4.03. The molecular weight excluding hydrogens is 238 g/mol. The van der Waals surface area contributed by atoms with E-state index in [-0.39, 0.29) is 5.91 Å². The van der Waals surface area contributed by atoms with Crippen LogP contribution in [0.3, 0.4) is 0 Å². The average molecular weight is 253 g/mol. The van der Waals surface area contributed by atoms with Crippen molar-refractivity contribution in [3.63, 3.8) is 0 Å². The molecule has 0 radical (unpaired) electrons. The van der Waals surface area contributed by atoms with Gasteiger partial charge in [0.25, 0.3) is 0 Å². The summed E-state index contributed by atoms with van der Waals surface area (Å²) in [6, 6.07) is 0. The van der Waals surface area contributed by atoms with Crippen LogP contribution in [-0.2, 0) is 19.1 Å². The van der Waals surface area contributed by atoms with Gasteiger partial charge in [-0.25, -0.2) is 0 Å². The SMILES string of the molecule is COCCN1CC23C=CC(O2)C(C(=O)O)C3C1=O. The van der Waals surface area contributed by atoms with Crippen LogP contribution in [-0.4, -0.2) is 60.4 Å². The molecule has 3 heterocycles. The molecule has 1 amide bonds. The molecule has 3 aliphatic heterocycles. The first kappa shape index (κ1) is 11.7. The third-order valence-electron chi connectivity index (χ3n) is 4.03. The predicted molar refractivity (Wildman–Crippen MR) is 59.8 cm³/mol. The number of rotatable bonds is 4. The van der Waals surface area contributed by atoms with Gasteiger partial charge in [-0.05, 0) is 0 Å². The van der Waals surface area contributed by atoms with Gasteiger partial charge in [-0.3, -0.25) is 9.59 Å². The maximum absolute atomic E-state index is 12.3. The Morgan fingerprint density at radius 3 is 3.17 bits per heavy atom. The molecule has 0 aromatic heterocycles. The van der Waals surface area contributed by atoms with Crippen molar-refractivity contribution in [1.82, 2.24) is 4.90 Å². The predicted octanol–water partition coefficient (Wildman–Crippen LogP) is -0.501. The third kappa shape index (κ3) is 1.36. The fourth-order valence-corrected chi connectivity index (χ4v) is 3.25. The summed E-state index contributed by atoms with van der Waals surface area (Å²) in [5.74, 6) is -2.43. The number of nitrogens with zero attached hydrogens (tertiary/aromatic N) is 1. The number of ether oxygens (including phenoxy) is 2. The number of amides is 1. The van der Waals surface area contributed by atoms with E-state index in [1.165, 1.54) is 0 Å². The number of hydrogen-bond acceptors (Lipinski definition) is 4. The van der Waals surface area contributed by atoms with Gasteiger partial charge in [0, 0.05) is 13.7 Å². The van der Waals surface area contributed by atoms with Crippen LogP contribution in [0.5, 0.6) is 0 Å². The summed E-state index contributed by atoms with van der Waals surface area (Å²) >= 11 is 0. The molecule has 0 aromatic carbocycles. The minimum Gasteiger partial charge on any atom is -0.481 e. The highest BCUT2D eigenvalue weighted by molar-refractivity contribution is 5.90. The monoisotopic (exact) mass is 253 g/mol. The Balaban J connectivity index is 1.87. The lowest BCUT2D eigenvalue weighted by molar-refractivity contribution is -0.148. The van der Waals surface area contributed by atoms with Gasteiger partial charge in [0.1, 0.15) is 11.5 Å². The van der Waals surface area contributed by atoms with Crippen molar-refractivity contribution in [2.75, 3.05) is 26.8 Å². The molecule has 0 aliphatic carbocycles. The van der Waals surface area contributed by atoms with Crippen LogP contribution >= 0.6 is 0 Å². The zero-order valence-electron chi connectivity index (χ0n) is 10.0. The molecule has 0 aromatic rings. The van der Waals surface area contributed by atoms with E-state index in [0.29, 0.717) is 19.7 Å². The molecule has 6 heteroatoms. The van der Waals surface area contributed by atoms with Crippen LogP contribution < -0.4 is 0 Å². The van der Waals surface area contributed by atoms with Crippen molar-refractivity contribution in [3.05, 3.63) is 12.2 Å². The summed E-state index contributed by atoms with van der Waals surface area (Å²) in [5.41, 5.74) is -0.724. The van der Waals surface area contributed by atoms with Gasteiger partial charge in [0.15, 0.2) is 0 Å². The van der Waals surface area contributed by atoms with Gasteiger partial charge in [-0.15, -0.1) is 0 Å². The molecule has 3 aliphatic rings. The molecule has 1 N–H and O–H groups in total. The maximum atomic E-state index is 12.3. The maximum Gasteiger partial charge on any atom is 0.310 e. The summed E-state index contributed by atoms with van der Waals surface area (Å²) in [7, 11) is 1.57. The molecule has 3 rings (SSSR count). The molecule has 98 valence electrons.